The lowest BCUT2D eigenvalue weighted by Crippen LogP contribution is -2.19. The maximum atomic E-state index is 5.64. The van der Waals surface area contributed by atoms with Crippen LogP contribution < -0.4 is 11.1 Å². The predicted molar refractivity (Wildman–Crippen MR) is 60.5 cm³/mol. The summed E-state index contributed by atoms with van der Waals surface area (Å²) in [4.78, 5) is 8.32. The average Bonchev–Trinajstić information content (AvgIpc) is 2.54. The van der Waals surface area contributed by atoms with E-state index in [9.17, 15) is 0 Å². The Morgan fingerprint density at radius 3 is 3.07 bits per heavy atom. The van der Waals surface area contributed by atoms with Crippen LogP contribution in [0.2, 0.25) is 0 Å². The Kier molecular flexibility index (Phi) is 2.77. The SMILES string of the molecule is Cc1nc(N)cc(NC2CCSC2)n1. The summed E-state index contributed by atoms with van der Waals surface area (Å²) in [5, 5.41) is 3.37. The van der Waals surface area contributed by atoms with Gasteiger partial charge in [-0.2, -0.15) is 11.8 Å². The second-order valence-electron chi connectivity index (χ2n) is 3.43. The van der Waals surface area contributed by atoms with Crippen molar-refractivity contribution in [3.05, 3.63) is 11.9 Å². The van der Waals surface area contributed by atoms with E-state index >= 15 is 0 Å². The van der Waals surface area contributed by atoms with E-state index < -0.39 is 0 Å². The van der Waals surface area contributed by atoms with Gasteiger partial charge in [-0.25, -0.2) is 9.97 Å². The molecule has 1 aliphatic rings. The van der Waals surface area contributed by atoms with Gasteiger partial charge in [-0.15, -0.1) is 0 Å². The quantitative estimate of drug-likeness (QED) is 0.770. The molecule has 0 amide bonds. The monoisotopic (exact) mass is 210 g/mol. The number of aromatic nitrogens is 2. The van der Waals surface area contributed by atoms with Crippen LogP contribution in [0, 0.1) is 6.92 Å². The second kappa shape index (κ2) is 4.04. The van der Waals surface area contributed by atoms with Crippen LogP contribution in [0.5, 0.6) is 0 Å². The molecule has 0 radical (unpaired) electrons. The van der Waals surface area contributed by atoms with Crippen molar-refractivity contribution in [1.82, 2.24) is 9.97 Å². The van der Waals surface area contributed by atoms with Crippen LogP contribution in [0.1, 0.15) is 12.2 Å². The fourth-order valence-electron chi connectivity index (χ4n) is 1.52. The molecule has 0 saturated carbocycles. The number of anilines is 2. The summed E-state index contributed by atoms with van der Waals surface area (Å²) in [6.07, 6.45) is 1.20. The molecule has 1 saturated heterocycles. The van der Waals surface area contributed by atoms with Gasteiger partial charge in [0.15, 0.2) is 0 Å². The third-order valence-corrected chi connectivity index (χ3v) is 3.30. The smallest absolute Gasteiger partial charge is 0.132 e. The van der Waals surface area contributed by atoms with E-state index in [4.69, 9.17) is 5.73 Å². The highest BCUT2D eigenvalue weighted by molar-refractivity contribution is 7.99. The first-order valence-electron chi connectivity index (χ1n) is 4.69. The van der Waals surface area contributed by atoms with E-state index in [1.54, 1.807) is 6.07 Å². The van der Waals surface area contributed by atoms with Crippen molar-refractivity contribution in [2.45, 2.75) is 19.4 Å². The van der Waals surface area contributed by atoms with Gasteiger partial charge in [-0.3, -0.25) is 0 Å². The van der Waals surface area contributed by atoms with Crippen LogP contribution in [-0.2, 0) is 0 Å². The van der Waals surface area contributed by atoms with Gasteiger partial charge in [-0.1, -0.05) is 0 Å². The summed E-state index contributed by atoms with van der Waals surface area (Å²) >= 11 is 1.97. The molecular weight excluding hydrogens is 196 g/mol. The predicted octanol–water partition coefficient (Wildman–Crippen LogP) is 1.28. The highest BCUT2D eigenvalue weighted by Crippen LogP contribution is 2.20. The summed E-state index contributed by atoms with van der Waals surface area (Å²) < 4.78 is 0. The molecule has 1 aromatic rings. The molecule has 76 valence electrons. The minimum Gasteiger partial charge on any atom is -0.384 e. The zero-order valence-corrected chi connectivity index (χ0v) is 8.97. The summed E-state index contributed by atoms with van der Waals surface area (Å²) in [6.45, 7) is 1.85. The van der Waals surface area contributed by atoms with Crippen molar-refractivity contribution in [3.63, 3.8) is 0 Å². The Hall–Kier alpha value is -0.970. The standard InChI is InChI=1S/C9H14N4S/c1-6-11-8(10)4-9(12-6)13-7-2-3-14-5-7/h4,7H,2-3,5H2,1H3,(H3,10,11,12,13). The average molecular weight is 210 g/mol. The zero-order chi connectivity index (χ0) is 9.97. The first kappa shape index (κ1) is 9.58. The fourth-order valence-corrected chi connectivity index (χ4v) is 2.67. The van der Waals surface area contributed by atoms with E-state index in [0.717, 1.165) is 17.4 Å². The number of hydrogen-bond donors (Lipinski definition) is 2. The Bertz CT molecular complexity index is 302. The number of rotatable bonds is 2. The minimum absolute atomic E-state index is 0.533. The maximum Gasteiger partial charge on any atom is 0.132 e. The molecule has 1 fully saturated rings. The van der Waals surface area contributed by atoms with Crippen molar-refractivity contribution in [2.75, 3.05) is 22.6 Å². The van der Waals surface area contributed by atoms with Crippen LogP contribution in [0.15, 0.2) is 6.07 Å². The number of nitrogen functional groups attached to an aromatic ring is 1. The Morgan fingerprint density at radius 2 is 2.43 bits per heavy atom. The van der Waals surface area contributed by atoms with E-state index in [0.29, 0.717) is 11.9 Å². The molecule has 0 bridgehead atoms. The number of hydrogen-bond acceptors (Lipinski definition) is 5. The molecule has 1 unspecified atom stereocenters. The number of nitrogens with one attached hydrogen (secondary N) is 1. The topological polar surface area (TPSA) is 63.8 Å². The lowest BCUT2D eigenvalue weighted by molar-refractivity contribution is 0.804. The van der Waals surface area contributed by atoms with Gasteiger partial charge in [0.1, 0.15) is 17.5 Å². The maximum absolute atomic E-state index is 5.64. The van der Waals surface area contributed by atoms with Gasteiger partial charge in [0.25, 0.3) is 0 Å². The minimum atomic E-state index is 0.533. The van der Waals surface area contributed by atoms with Crippen LogP contribution in [0.3, 0.4) is 0 Å². The molecule has 2 rings (SSSR count). The van der Waals surface area contributed by atoms with Crippen molar-refractivity contribution in [2.24, 2.45) is 0 Å². The molecule has 2 heterocycles. The van der Waals surface area contributed by atoms with Gasteiger partial charge >= 0.3 is 0 Å². The van der Waals surface area contributed by atoms with Crippen molar-refractivity contribution in [3.8, 4) is 0 Å². The van der Waals surface area contributed by atoms with Crippen molar-refractivity contribution < 1.29 is 0 Å². The molecule has 5 heteroatoms. The molecule has 14 heavy (non-hydrogen) atoms. The first-order chi connectivity index (χ1) is 6.74. The molecule has 1 aromatic heterocycles. The third kappa shape index (κ3) is 2.29. The van der Waals surface area contributed by atoms with Crippen LogP contribution >= 0.6 is 11.8 Å². The molecule has 0 aromatic carbocycles. The van der Waals surface area contributed by atoms with E-state index in [-0.39, 0.29) is 0 Å². The number of nitrogens with two attached hydrogens (primary N) is 1. The molecule has 0 aliphatic carbocycles. The third-order valence-electron chi connectivity index (χ3n) is 2.14. The summed E-state index contributed by atoms with van der Waals surface area (Å²) in [7, 11) is 0. The van der Waals surface area contributed by atoms with Gasteiger partial charge in [0.05, 0.1) is 0 Å². The summed E-state index contributed by atoms with van der Waals surface area (Å²) in [6, 6.07) is 2.32. The van der Waals surface area contributed by atoms with E-state index in [2.05, 4.69) is 15.3 Å². The molecule has 4 nitrogen and oxygen atoms in total. The Labute approximate surface area is 87.7 Å². The molecule has 0 spiro atoms. The van der Waals surface area contributed by atoms with Crippen LogP contribution in [0.4, 0.5) is 11.6 Å². The molecule has 1 atom stereocenters. The van der Waals surface area contributed by atoms with Crippen molar-refractivity contribution in [1.29, 1.82) is 0 Å². The lowest BCUT2D eigenvalue weighted by Gasteiger charge is -2.12. The van der Waals surface area contributed by atoms with Gasteiger partial charge in [-0.05, 0) is 19.1 Å². The van der Waals surface area contributed by atoms with Gasteiger partial charge < -0.3 is 11.1 Å². The Balaban J connectivity index is 2.07. The second-order valence-corrected chi connectivity index (χ2v) is 4.58. The van der Waals surface area contributed by atoms with Crippen LogP contribution in [-0.4, -0.2) is 27.5 Å². The number of thioether (sulfide) groups is 1. The fraction of sp³-hybridized carbons (Fsp3) is 0.556. The van der Waals surface area contributed by atoms with Gasteiger partial charge in [0.2, 0.25) is 0 Å². The van der Waals surface area contributed by atoms with E-state index in [1.807, 2.05) is 18.7 Å². The Morgan fingerprint density at radius 1 is 1.57 bits per heavy atom. The molecular formula is C9H14N4S. The molecule has 1 aliphatic heterocycles. The highest BCUT2D eigenvalue weighted by Gasteiger charge is 2.15. The van der Waals surface area contributed by atoms with Crippen molar-refractivity contribution >= 4 is 23.4 Å². The summed E-state index contributed by atoms with van der Waals surface area (Å²) in [5.41, 5.74) is 5.64. The largest absolute Gasteiger partial charge is 0.384 e. The lowest BCUT2D eigenvalue weighted by atomic mass is 10.2. The number of aryl methyl sites for hydroxylation is 1. The van der Waals surface area contributed by atoms with Gasteiger partial charge in [0, 0.05) is 17.9 Å². The van der Waals surface area contributed by atoms with E-state index in [1.165, 1.54) is 12.2 Å². The first-order valence-corrected chi connectivity index (χ1v) is 5.85. The normalized spacial score (nSPS) is 21.1. The number of nitrogens with zero attached hydrogens (tertiary/aromatic N) is 2. The zero-order valence-electron chi connectivity index (χ0n) is 8.16. The molecule has 3 N–H and O–H groups in total. The highest BCUT2D eigenvalue weighted by atomic mass is 32.2. The van der Waals surface area contributed by atoms with Crippen LogP contribution in [0.25, 0.3) is 0 Å². The summed E-state index contributed by atoms with van der Waals surface area (Å²) in [5.74, 6) is 4.49.